The maximum absolute atomic E-state index is 12.4. The van der Waals surface area contributed by atoms with Crippen LogP contribution in [0, 0.1) is 0 Å². The summed E-state index contributed by atoms with van der Waals surface area (Å²) in [6.45, 7) is 0.575. The summed E-state index contributed by atoms with van der Waals surface area (Å²) in [7, 11) is 0. The number of rotatable bonds is 4. The Labute approximate surface area is 115 Å². The maximum Gasteiger partial charge on any atom is 0.275 e. The first kappa shape index (κ1) is 12.1. The summed E-state index contributed by atoms with van der Waals surface area (Å²) in [6, 6.07) is 7.97. The van der Waals surface area contributed by atoms with E-state index >= 15 is 0 Å². The number of nitrogen functional groups attached to an aromatic ring is 1. The number of hydrogen-bond acceptors (Lipinski definition) is 5. The first-order valence-electron chi connectivity index (χ1n) is 6.16. The Morgan fingerprint density at radius 2 is 2.32 bits per heavy atom. The van der Waals surface area contributed by atoms with E-state index in [2.05, 4.69) is 9.59 Å². The van der Waals surface area contributed by atoms with Gasteiger partial charge >= 0.3 is 0 Å². The van der Waals surface area contributed by atoms with Gasteiger partial charge in [0, 0.05) is 23.7 Å². The number of carbonyl (C=O) groups excluding carboxylic acids is 1. The highest BCUT2D eigenvalue weighted by Gasteiger charge is 2.33. The van der Waals surface area contributed by atoms with Gasteiger partial charge < -0.3 is 10.6 Å². The normalized spacial score (nSPS) is 14.3. The van der Waals surface area contributed by atoms with Gasteiger partial charge in [-0.3, -0.25) is 4.79 Å². The molecule has 1 heterocycles. The van der Waals surface area contributed by atoms with Gasteiger partial charge in [0.1, 0.15) is 0 Å². The zero-order chi connectivity index (χ0) is 13.2. The molecule has 1 aromatic carbocycles. The molecule has 5 nitrogen and oxygen atoms in total. The van der Waals surface area contributed by atoms with Gasteiger partial charge in [-0.1, -0.05) is 16.6 Å². The fourth-order valence-electron chi connectivity index (χ4n) is 2.05. The third kappa shape index (κ3) is 2.73. The lowest BCUT2D eigenvalue weighted by Crippen LogP contribution is -2.32. The molecule has 1 aliphatic rings. The lowest BCUT2D eigenvalue weighted by molar-refractivity contribution is 0.0724. The molecule has 0 spiro atoms. The molecule has 98 valence electrons. The van der Waals surface area contributed by atoms with Crippen molar-refractivity contribution in [2.75, 3.05) is 5.73 Å². The summed E-state index contributed by atoms with van der Waals surface area (Å²) < 4.78 is 3.75. The van der Waals surface area contributed by atoms with Crippen LogP contribution in [0.4, 0.5) is 5.69 Å². The van der Waals surface area contributed by atoms with E-state index < -0.39 is 0 Å². The van der Waals surface area contributed by atoms with Gasteiger partial charge in [-0.05, 0) is 42.1 Å². The molecule has 1 amide bonds. The van der Waals surface area contributed by atoms with Crippen LogP contribution >= 0.6 is 11.5 Å². The molecule has 1 aliphatic carbocycles. The molecule has 2 N–H and O–H groups in total. The van der Waals surface area contributed by atoms with Crippen molar-refractivity contribution >= 4 is 23.1 Å². The molecule has 0 atom stereocenters. The Kier molecular flexibility index (Phi) is 3.16. The third-order valence-electron chi connectivity index (χ3n) is 3.13. The fourth-order valence-corrected chi connectivity index (χ4v) is 2.48. The topological polar surface area (TPSA) is 72.1 Å². The van der Waals surface area contributed by atoms with Crippen molar-refractivity contribution < 1.29 is 4.79 Å². The molecule has 0 saturated heterocycles. The first-order chi connectivity index (χ1) is 9.24. The second-order valence-corrected chi connectivity index (χ2v) is 5.31. The molecular weight excluding hydrogens is 260 g/mol. The number of nitrogens with two attached hydrogens (primary N) is 1. The SMILES string of the molecule is Nc1cccc(CN(C(=O)c2csnn2)C2CC2)c1. The quantitative estimate of drug-likeness (QED) is 0.865. The van der Waals surface area contributed by atoms with Gasteiger partial charge in [0.15, 0.2) is 5.69 Å². The molecule has 6 heteroatoms. The van der Waals surface area contributed by atoms with Crippen molar-refractivity contribution in [3.05, 3.63) is 40.9 Å². The van der Waals surface area contributed by atoms with E-state index in [-0.39, 0.29) is 5.91 Å². The Hall–Kier alpha value is -1.95. The number of aromatic nitrogens is 2. The summed E-state index contributed by atoms with van der Waals surface area (Å²) in [6.07, 6.45) is 2.12. The Morgan fingerprint density at radius 3 is 2.95 bits per heavy atom. The standard InChI is InChI=1S/C13H14N4OS/c14-10-3-1-2-9(6-10)7-17(11-4-5-11)13(18)12-8-19-16-15-12/h1-3,6,8,11H,4-5,7,14H2. The number of amides is 1. The van der Waals surface area contributed by atoms with Gasteiger partial charge in [-0.15, -0.1) is 5.10 Å². The Balaban J connectivity index is 1.80. The minimum Gasteiger partial charge on any atom is -0.399 e. The lowest BCUT2D eigenvalue weighted by Gasteiger charge is -2.21. The van der Waals surface area contributed by atoms with Crippen molar-refractivity contribution in [1.29, 1.82) is 0 Å². The average Bonchev–Trinajstić information content (AvgIpc) is 3.09. The summed E-state index contributed by atoms with van der Waals surface area (Å²) in [5.74, 6) is -0.0429. The zero-order valence-corrected chi connectivity index (χ0v) is 11.1. The second kappa shape index (κ2) is 4.97. The molecular formula is C13H14N4OS. The van der Waals surface area contributed by atoms with Crippen LogP contribution < -0.4 is 5.73 Å². The summed E-state index contributed by atoms with van der Waals surface area (Å²) in [4.78, 5) is 14.2. The molecule has 1 saturated carbocycles. The van der Waals surface area contributed by atoms with E-state index in [1.165, 1.54) is 11.5 Å². The molecule has 3 rings (SSSR count). The van der Waals surface area contributed by atoms with Gasteiger partial charge in [0.2, 0.25) is 0 Å². The molecule has 0 aliphatic heterocycles. The average molecular weight is 274 g/mol. The second-order valence-electron chi connectivity index (χ2n) is 4.70. The van der Waals surface area contributed by atoms with E-state index in [1.54, 1.807) is 5.38 Å². The molecule has 2 aromatic rings. The van der Waals surface area contributed by atoms with Crippen LogP contribution in [0.15, 0.2) is 29.6 Å². The number of carbonyl (C=O) groups is 1. The van der Waals surface area contributed by atoms with E-state index in [0.717, 1.165) is 24.1 Å². The monoisotopic (exact) mass is 274 g/mol. The predicted molar refractivity (Wildman–Crippen MR) is 73.7 cm³/mol. The van der Waals surface area contributed by atoms with Gasteiger partial charge in [-0.2, -0.15) is 0 Å². The number of anilines is 1. The predicted octanol–water partition coefficient (Wildman–Crippen LogP) is 1.93. The molecule has 0 bridgehead atoms. The van der Waals surface area contributed by atoms with Crippen LogP contribution in [0.5, 0.6) is 0 Å². The summed E-state index contributed by atoms with van der Waals surface area (Å²) in [5, 5.41) is 5.55. The molecule has 0 radical (unpaired) electrons. The highest BCUT2D eigenvalue weighted by Crippen LogP contribution is 2.29. The van der Waals surface area contributed by atoms with Gasteiger partial charge in [-0.25, -0.2) is 0 Å². The van der Waals surface area contributed by atoms with Crippen molar-refractivity contribution in [3.8, 4) is 0 Å². The fraction of sp³-hybridized carbons (Fsp3) is 0.308. The largest absolute Gasteiger partial charge is 0.399 e. The van der Waals surface area contributed by atoms with Crippen molar-refractivity contribution in [2.24, 2.45) is 0 Å². The van der Waals surface area contributed by atoms with Crippen LogP contribution in [-0.2, 0) is 6.54 Å². The minimum absolute atomic E-state index is 0.0429. The Bertz CT molecular complexity index is 580. The highest BCUT2D eigenvalue weighted by atomic mass is 32.1. The zero-order valence-electron chi connectivity index (χ0n) is 10.3. The highest BCUT2D eigenvalue weighted by molar-refractivity contribution is 7.03. The number of hydrogen-bond donors (Lipinski definition) is 1. The lowest BCUT2D eigenvalue weighted by atomic mass is 10.2. The molecule has 19 heavy (non-hydrogen) atoms. The van der Waals surface area contributed by atoms with Gasteiger partial charge in [0.05, 0.1) is 0 Å². The van der Waals surface area contributed by atoms with Crippen molar-refractivity contribution in [3.63, 3.8) is 0 Å². The van der Waals surface area contributed by atoms with Crippen LogP contribution in [0.3, 0.4) is 0 Å². The van der Waals surface area contributed by atoms with Crippen molar-refractivity contribution in [2.45, 2.75) is 25.4 Å². The van der Waals surface area contributed by atoms with E-state index in [4.69, 9.17) is 5.73 Å². The summed E-state index contributed by atoms with van der Waals surface area (Å²) >= 11 is 1.20. The first-order valence-corrected chi connectivity index (χ1v) is 7.00. The third-order valence-corrected chi connectivity index (χ3v) is 3.64. The van der Waals surface area contributed by atoms with Crippen LogP contribution in [0.25, 0.3) is 0 Å². The van der Waals surface area contributed by atoms with Crippen LogP contribution in [0.1, 0.15) is 28.9 Å². The van der Waals surface area contributed by atoms with Crippen LogP contribution in [0.2, 0.25) is 0 Å². The van der Waals surface area contributed by atoms with E-state index in [0.29, 0.717) is 18.3 Å². The molecule has 1 aromatic heterocycles. The minimum atomic E-state index is -0.0429. The Morgan fingerprint density at radius 1 is 1.47 bits per heavy atom. The van der Waals surface area contributed by atoms with Gasteiger partial charge in [0.25, 0.3) is 5.91 Å². The number of benzene rings is 1. The maximum atomic E-state index is 12.4. The molecule has 0 unspecified atom stereocenters. The smallest absolute Gasteiger partial charge is 0.275 e. The number of nitrogens with zero attached hydrogens (tertiary/aromatic N) is 3. The molecule has 1 fully saturated rings. The summed E-state index contributed by atoms with van der Waals surface area (Å²) in [5.41, 5.74) is 7.97. The van der Waals surface area contributed by atoms with Crippen LogP contribution in [-0.4, -0.2) is 26.4 Å². The van der Waals surface area contributed by atoms with E-state index in [9.17, 15) is 4.79 Å². The van der Waals surface area contributed by atoms with Crippen molar-refractivity contribution in [1.82, 2.24) is 14.5 Å². The van der Waals surface area contributed by atoms with E-state index in [1.807, 2.05) is 29.2 Å².